The first-order chi connectivity index (χ1) is 11.5. The van der Waals surface area contributed by atoms with E-state index in [1.807, 2.05) is 24.3 Å². The van der Waals surface area contributed by atoms with E-state index in [9.17, 15) is 10.1 Å². The largest absolute Gasteiger partial charge is 0.322 e. The molecule has 1 N–H and O–H groups in total. The average Bonchev–Trinajstić information content (AvgIpc) is 3.08. The van der Waals surface area contributed by atoms with Crippen molar-refractivity contribution in [3.05, 3.63) is 63.1 Å². The Kier molecular flexibility index (Phi) is 4.93. The average molecular weight is 404 g/mol. The molecule has 2 aromatic rings. The van der Waals surface area contributed by atoms with Crippen molar-refractivity contribution in [1.29, 1.82) is 5.26 Å². The molecule has 122 valence electrons. The molecule has 3 nitrogen and oxygen atoms in total. The van der Waals surface area contributed by atoms with Crippen molar-refractivity contribution in [2.75, 3.05) is 5.32 Å². The zero-order valence-corrected chi connectivity index (χ0v) is 15.3. The van der Waals surface area contributed by atoms with E-state index in [0.717, 1.165) is 35.7 Å². The van der Waals surface area contributed by atoms with Gasteiger partial charge in [0.15, 0.2) is 0 Å². The van der Waals surface area contributed by atoms with Crippen LogP contribution >= 0.6 is 27.5 Å². The molecule has 0 unspecified atom stereocenters. The minimum Gasteiger partial charge on any atom is -0.322 e. The quantitative estimate of drug-likeness (QED) is 0.715. The number of hydrogen-bond acceptors (Lipinski definition) is 2. The Balaban J connectivity index is 1.78. The van der Waals surface area contributed by atoms with Crippen LogP contribution < -0.4 is 5.32 Å². The third kappa shape index (κ3) is 3.33. The van der Waals surface area contributed by atoms with Gasteiger partial charge in [0, 0.05) is 10.2 Å². The van der Waals surface area contributed by atoms with Crippen LogP contribution in [0.4, 0.5) is 5.69 Å². The van der Waals surface area contributed by atoms with Crippen molar-refractivity contribution in [2.45, 2.75) is 31.1 Å². The molecule has 0 saturated heterocycles. The molecule has 0 aromatic heterocycles. The van der Waals surface area contributed by atoms with Crippen molar-refractivity contribution in [2.24, 2.45) is 0 Å². The van der Waals surface area contributed by atoms with Crippen molar-refractivity contribution in [1.82, 2.24) is 0 Å². The molecule has 1 fully saturated rings. The van der Waals surface area contributed by atoms with E-state index in [1.165, 1.54) is 0 Å². The molecule has 0 spiro atoms. The summed E-state index contributed by atoms with van der Waals surface area (Å²) in [5.74, 6) is -0.259. The number of nitriles is 1. The highest BCUT2D eigenvalue weighted by atomic mass is 79.9. The lowest BCUT2D eigenvalue weighted by Gasteiger charge is -2.21. The summed E-state index contributed by atoms with van der Waals surface area (Å²) >= 11 is 9.43. The molecule has 2 aromatic carbocycles. The highest BCUT2D eigenvalue weighted by molar-refractivity contribution is 9.10. The van der Waals surface area contributed by atoms with Crippen LogP contribution in [0.25, 0.3) is 0 Å². The Hall–Kier alpha value is -1.83. The van der Waals surface area contributed by atoms with Gasteiger partial charge in [-0.05, 0) is 48.7 Å². The number of carbonyl (C=O) groups excluding carboxylic acids is 1. The van der Waals surface area contributed by atoms with E-state index in [0.29, 0.717) is 16.3 Å². The van der Waals surface area contributed by atoms with E-state index in [-0.39, 0.29) is 11.3 Å². The van der Waals surface area contributed by atoms with E-state index >= 15 is 0 Å². The van der Waals surface area contributed by atoms with Gasteiger partial charge in [0.1, 0.15) is 0 Å². The maximum absolute atomic E-state index is 12.4. The molecule has 1 amide bonds. The number of anilines is 1. The second kappa shape index (κ2) is 6.96. The monoisotopic (exact) mass is 402 g/mol. The number of nitrogens with zero attached hydrogens (tertiary/aromatic N) is 1. The zero-order chi connectivity index (χ0) is 17.2. The molecule has 0 atom stereocenters. The van der Waals surface area contributed by atoms with Gasteiger partial charge in [0.2, 0.25) is 0 Å². The number of benzene rings is 2. The van der Waals surface area contributed by atoms with Crippen LogP contribution in [0.1, 0.15) is 41.6 Å². The second-order valence-electron chi connectivity index (χ2n) is 6.06. The van der Waals surface area contributed by atoms with Gasteiger partial charge >= 0.3 is 0 Å². The summed E-state index contributed by atoms with van der Waals surface area (Å²) in [4.78, 5) is 12.4. The number of rotatable bonds is 3. The van der Waals surface area contributed by atoms with E-state index in [2.05, 4.69) is 27.3 Å². The summed E-state index contributed by atoms with van der Waals surface area (Å²) in [6, 6.07) is 15.2. The predicted octanol–water partition coefficient (Wildman–Crippen LogP) is 5.69. The van der Waals surface area contributed by atoms with E-state index in [1.54, 1.807) is 18.2 Å². The summed E-state index contributed by atoms with van der Waals surface area (Å²) in [6.45, 7) is 0. The summed E-state index contributed by atoms with van der Waals surface area (Å²) in [7, 11) is 0. The van der Waals surface area contributed by atoms with Crippen LogP contribution in [-0.4, -0.2) is 5.91 Å². The van der Waals surface area contributed by atoms with E-state index in [4.69, 9.17) is 11.6 Å². The first-order valence-corrected chi connectivity index (χ1v) is 8.99. The van der Waals surface area contributed by atoms with Crippen LogP contribution in [0.5, 0.6) is 0 Å². The Morgan fingerprint density at radius 2 is 1.83 bits per heavy atom. The molecule has 0 bridgehead atoms. The number of amides is 1. The first-order valence-electron chi connectivity index (χ1n) is 7.82. The lowest BCUT2D eigenvalue weighted by molar-refractivity contribution is 0.102. The first kappa shape index (κ1) is 17.0. The fraction of sp³-hybridized carbons (Fsp3) is 0.263. The molecular formula is C19H16BrClN2O. The van der Waals surface area contributed by atoms with Gasteiger partial charge in [-0.15, -0.1) is 0 Å². The van der Waals surface area contributed by atoms with Crippen molar-refractivity contribution in [3.63, 3.8) is 0 Å². The van der Waals surface area contributed by atoms with Crippen molar-refractivity contribution >= 4 is 39.1 Å². The summed E-state index contributed by atoms with van der Waals surface area (Å²) in [6.07, 6.45) is 3.99. The van der Waals surface area contributed by atoms with Gasteiger partial charge in [0.25, 0.3) is 5.91 Å². The number of hydrogen-bond donors (Lipinski definition) is 1. The molecular weight excluding hydrogens is 388 g/mol. The number of halogens is 2. The van der Waals surface area contributed by atoms with Crippen LogP contribution in [0.15, 0.2) is 46.9 Å². The lowest BCUT2D eigenvalue weighted by Crippen LogP contribution is -2.19. The fourth-order valence-electron chi connectivity index (χ4n) is 3.19. The maximum atomic E-state index is 12.4. The van der Waals surface area contributed by atoms with Crippen molar-refractivity contribution in [3.8, 4) is 6.07 Å². The smallest absolute Gasteiger partial charge is 0.257 e. The van der Waals surface area contributed by atoms with Gasteiger partial charge in [0.05, 0.1) is 22.1 Å². The molecule has 0 aliphatic heterocycles. The Labute approximate surface area is 154 Å². The standard InChI is InChI=1S/C19H16BrClN2O/c20-14-5-8-17(21)16(11-14)18(24)23-15-6-3-13(4-7-15)19(12-22)9-1-2-10-19/h3-8,11H,1-2,9-10H2,(H,23,24). The molecule has 5 heteroatoms. The highest BCUT2D eigenvalue weighted by Gasteiger charge is 2.35. The second-order valence-corrected chi connectivity index (χ2v) is 7.38. The molecule has 1 saturated carbocycles. The third-order valence-electron chi connectivity index (χ3n) is 4.54. The van der Waals surface area contributed by atoms with Gasteiger partial charge in [-0.1, -0.05) is 52.5 Å². The Morgan fingerprint density at radius 1 is 1.17 bits per heavy atom. The Morgan fingerprint density at radius 3 is 2.46 bits per heavy atom. The van der Waals surface area contributed by atoms with Crippen LogP contribution in [0.2, 0.25) is 5.02 Å². The molecule has 1 aliphatic carbocycles. The maximum Gasteiger partial charge on any atom is 0.257 e. The lowest BCUT2D eigenvalue weighted by atomic mass is 9.80. The highest BCUT2D eigenvalue weighted by Crippen LogP contribution is 2.40. The van der Waals surface area contributed by atoms with Gasteiger partial charge in [-0.3, -0.25) is 4.79 Å². The van der Waals surface area contributed by atoms with E-state index < -0.39 is 0 Å². The van der Waals surface area contributed by atoms with Crippen LogP contribution in [0, 0.1) is 11.3 Å². The fourth-order valence-corrected chi connectivity index (χ4v) is 3.75. The minimum atomic E-state index is -0.365. The Bertz CT molecular complexity index is 805. The molecule has 0 heterocycles. The van der Waals surface area contributed by atoms with Gasteiger partial charge < -0.3 is 5.32 Å². The topological polar surface area (TPSA) is 52.9 Å². The number of nitrogens with one attached hydrogen (secondary N) is 1. The summed E-state index contributed by atoms with van der Waals surface area (Å²) in [5.41, 5.74) is 1.77. The third-order valence-corrected chi connectivity index (χ3v) is 5.36. The van der Waals surface area contributed by atoms with Gasteiger partial charge in [-0.25, -0.2) is 0 Å². The summed E-state index contributed by atoms with van der Waals surface area (Å²) in [5, 5.41) is 12.8. The minimum absolute atomic E-state index is 0.259. The molecule has 1 aliphatic rings. The van der Waals surface area contributed by atoms with Crippen LogP contribution in [-0.2, 0) is 5.41 Å². The van der Waals surface area contributed by atoms with Crippen molar-refractivity contribution < 1.29 is 4.79 Å². The molecule has 24 heavy (non-hydrogen) atoms. The van der Waals surface area contributed by atoms with Crippen LogP contribution in [0.3, 0.4) is 0 Å². The zero-order valence-electron chi connectivity index (χ0n) is 13.0. The molecule has 0 radical (unpaired) electrons. The normalized spacial score (nSPS) is 15.7. The predicted molar refractivity (Wildman–Crippen MR) is 99.3 cm³/mol. The number of carbonyl (C=O) groups is 1. The SMILES string of the molecule is N#CC1(c2ccc(NC(=O)c3cc(Br)ccc3Cl)cc2)CCCC1. The molecule has 3 rings (SSSR count). The summed E-state index contributed by atoms with van der Waals surface area (Å²) < 4.78 is 0.796. The van der Waals surface area contributed by atoms with Gasteiger partial charge in [-0.2, -0.15) is 5.26 Å².